The average Bonchev–Trinajstić information content (AvgIpc) is 3.20. The fourth-order valence-corrected chi connectivity index (χ4v) is 8.47. The number of imide groups is 1. The molecule has 0 radical (unpaired) electrons. The number of fused-ring (bicyclic) bond motifs is 2. The molecule has 10 nitrogen and oxygen atoms in total. The Hall–Kier alpha value is -6.16. The highest BCUT2D eigenvalue weighted by atomic mass is 16.4. The third-order valence-electron chi connectivity index (χ3n) is 11.4. The zero-order chi connectivity index (χ0) is 40.4. The second-order valence-corrected chi connectivity index (χ2v) is 15.2. The molecule has 0 saturated heterocycles. The van der Waals surface area contributed by atoms with E-state index in [1.165, 1.54) is 13.0 Å². The molecule has 3 amide bonds. The molecule has 1 aliphatic heterocycles. The van der Waals surface area contributed by atoms with Crippen molar-refractivity contribution in [1.82, 2.24) is 10.6 Å². The van der Waals surface area contributed by atoms with Crippen LogP contribution >= 0.6 is 0 Å². The number of carbonyl (C=O) groups excluding carboxylic acids is 4. The topological polar surface area (TPSA) is 168 Å². The van der Waals surface area contributed by atoms with Crippen LogP contribution in [-0.4, -0.2) is 46.5 Å². The van der Waals surface area contributed by atoms with Gasteiger partial charge in [0, 0.05) is 50.0 Å². The zero-order valence-electron chi connectivity index (χ0n) is 32.7. The summed E-state index contributed by atoms with van der Waals surface area (Å²) in [4.78, 5) is 70.6. The second-order valence-electron chi connectivity index (χ2n) is 15.2. The molecule has 6 aromatic rings. The number of carboxylic acids is 1. The number of rotatable bonds is 17. The van der Waals surface area contributed by atoms with Crippen LogP contribution in [0, 0.1) is 0 Å². The Kier molecular flexibility index (Phi) is 11.3. The summed E-state index contributed by atoms with van der Waals surface area (Å²) >= 11 is 0. The third kappa shape index (κ3) is 7.44. The molecule has 1 aliphatic rings. The van der Waals surface area contributed by atoms with Crippen LogP contribution < -0.4 is 16.4 Å². The van der Waals surface area contributed by atoms with Crippen LogP contribution in [0.3, 0.4) is 0 Å². The van der Waals surface area contributed by atoms with Gasteiger partial charge in [0.25, 0.3) is 17.7 Å². The first-order valence-electron chi connectivity index (χ1n) is 20.1. The number of Topliss-reactive ketones (excluding diaryl/α,β-unsaturated/α-hetero) is 1. The number of carbonyl (C=O) groups is 5. The molecule has 10 heteroatoms. The fraction of sp³-hybridized carbons (Fsp3) is 0.319. The van der Waals surface area contributed by atoms with Gasteiger partial charge < -0.3 is 16.2 Å². The molecular formula is C47H48N4O6. The maximum atomic E-state index is 14.7. The van der Waals surface area contributed by atoms with Crippen LogP contribution in [0.25, 0.3) is 43.1 Å². The molecule has 0 unspecified atom stereocenters. The van der Waals surface area contributed by atoms with Gasteiger partial charge in [-0.05, 0) is 76.5 Å². The lowest BCUT2D eigenvalue weighted by molar-refractivity contribution is 0.0697. The van der Waals surface area contributed by atoms with E-state index in [-0.39, 0.29) is 35.7 Å². The van der Waals surface area contributed by atoms with E-state index in [1.807, 2.05) is 12.1 Å². The number of nitrogens with two attached hydrogens (primary N) is 1. The lowest BCUT2D eigenvalue weighted by Crippen LogP contribution is -2.35. The van der Waals surface area contributed by atoms with Crippen molar-refractivity contribution in [2.75, 3.05) is 0 Å². The number of ketones is 1. The molecule has 5 N–H and O–H groups in total. The maximum absolute atomic E-state index is 14.7. The molecule has 57 heavy (non-hydrogen) atoms. The third-order valence-corrected chi connectivity index (χ3v) is 11.4. The number of unbranched alkanes of at least 4 members (excludes halogenated alkanes) is 6. The van der Waals surface area contributed by atoms with Crippen LogP contribution in [0.4, 0.5) is 0 Å². The average molecular weight is 765 g/mol. The molecule has 7 rings (SSSR count). The van der Waals surface area contributed by atoms with Crippen LogP contribution in [-0.2, 0) is 6.54 Å². The van der Waals surface area contributed by atoms with Crippen LogP contribution in [0.15, 0.2) is 71.7 Å². The monoisotopic (exact) mass is 764 g/mol. The van der Waals surface area contributed by atoms with Gasteiger partial charge in [-0.2, -0.15) is 0 Å². The quantitative estimate of drug-likeness (QED) is 0.0136. The van der Waals surface area contributed by atoms with Crippen LogP contribution in [0.2, 0.25) is 0 Å². The highest BCUT2D eigenvalue weighted by molar-refractivity contribution is 6.42. The summed E-state index contributed by atoms with van der Waals surface area (Å²) < 4.78 is 0. The van der Waals surface area contributed by atoms with Gasteiger partial charge in [-0.3, -0.25) is 29.5 Å². The Morgan fingerprint density at radius 1 is 0.684 bits per heavy atom. The van der Waals surface area contributed by atoms with Crippen molar-refractivity contribution in [2.24, 2.45) is 10.7 Å². The van der Waals surface area contributed by atoms with Gasteiger partial charge in [0.2, 0.25) is 0 Å². The van der Waals surface area contributed by atoms with Gasteiger partial charge in [0.1, 0.15) is 5.84 Å². The summed E-state index contributed by atoms with van der Waals surface area (Å²) in [6, 6.07) is 18.9. The van der Waals surface area contributed by atoms with Crippen molar-refractivity contribution in [1.29, 1.82) is 0 Å². The van der Waals surface area contributed by atoms with E-state index in [2.05, 4.69) is 24.5 Å². The highest BCUT2D eigenvalue weighted by Crippen LogP contribution is 2.46. The lowest BCUT2D eigenvalue weighted by Gasteiger charge is -2.24. The van der Waals surface area contributed by atoms with Crippen molar-refractivity contribution in [3.8, 4) is 0 Å². The molecule has 0 saturated carbocycles. The SMILES string of the molecule is CCCCCCC(CCCCCC)NC(=O)c1ccc2c3ccc4c5c(ccc(c6c(C(=O)O)cc(C(N)=NCc7ccc(C(C)=O)cc7)c1c26)c53)C(=O)NC4=O. The Bertz CT molecular complexity index is 2580. The van der Waals surface area contributed by atoms with Gasteiger partial charge in [-0.25, -0.2) is 4.79 Å². The highest BCUT2D eigenvalue weighted by Gasteiger charge is 2.31. The van der Waals surface area contributed by atoms with E-state index in [4.69, 9.17) is 10.7 Å². The van der Waals surface area contributed by atoms with Gasteiger partial charge in [-0.15, -0.1) is 0 Å². The Morgan fingerprint density at radius 3 is 1.88 bits per heavy atom. The lowest BCUT2D eigenvalue weighted by atomic mass is 9.81. The molecule has 0 spiro atoms. The molecule has 0 aliphatic carbocycles. The van der Waals surface area contributed by atoms with Crippen molar-refractivity contribution in [2.45, 2.75) is 97.6 Å². The predicted octanol–water partition coefficient (Wildman–Crippen LogP) is 9.47. The van der Waals surface area contributed by atoms with Gasteiger partial charge in [0.15, 0.2) is 5.78 Å². The summed E-state index contributed by atoms with van der Waals surface area (Å²) in [7, 11) is 0. The number of benzene rings is 6. The molecular weight excluding hydrogens is 717 g/mol. The van der Waals surface area contributed by atoms with Crippen molar-refractivity contribution in [3.63, 3.8) is 0 Å². The Morgan fingerprint density at radius 2 is 1.28 bits per heavy atom. The minimum Gasteiger partial charge on any atom is -0.478 e. The smallest absolute Gasteiger partial charge is 0.336 e. The Labute approximate surface area is 331 Å². The molecule has 6 aromatic carbocycles. The summed E-state index contributed by atoms with van der Waals surface area (Å²) in [5.74, 6) is -2.53. The molecule has 0 aromatic heterocycles. The minimum absolute atomic E-state index is 0.0420. The van der Waals surface area contributed by atoms with E-state index in [1.54, 1.807) is 48.5 Å². The van der Waals surface area contributed by atoms with Gasteiger partial charge in [-0.1, -0.05) is 108 Å². The minimum atomic E-state index is -1.21. The van der Waals surface area contributed by atoms with Crippen molar-refractivity contribution in [3.05, 3.63) is 106 Å². The first-order valence-corrected chi connectivity index (χ1v) is 20.1. The van der Waals surface area contributed by atoms with Crippen molar-refractivity contribution >= 4 is 78.4 Å². The van der Waals surface area contributed by atoms with E-state index in [9.17, 15) is 29.1 Å². The molecule has 292 valence electrons. The molecule has 1 heterocycles. The number of hydrogen-bond donors (Lipinski definition) is 4. The van der Waals surface area contributed by atoms with Gasteiger partial charge >= 0.3 is 5.97 Å². The number of amides is 3. The number of hydrogen-bond acceptors (Lipinski definition) is 6. The van der Waals surface area contributed by atoms with Gasteiger partial charge in [0.05, 0.1) is 12.1 Å². The largest absolute Gasteiger partial charge is 0.478 e. The number of carboxylic acid groups (broad SMARTS) is 1. The standard InChI is InChI=1S/C47H48N4O6/c1-4-6-8-10-12-29(13-11-9-7-5-2)50-44(53)35-22-19-31-30-18-21-33-40-34(46(55)51-45(33)54)23-20-32(38(30)40)39-37(47(56)57)24-36(41(35)42(31)39)43(48)49-25-27-14-16-28(17-15-27)26(3)52/h14-24,29H,4-13,25H2,1-3H3,(H2,48,49)(H,50,53)(H,56,57)(H,51,54,55). The van der Waals surface area contributed by atoms with E-state index in [0.717, 1.165) is 69.8 Å². The Balaban J connectivity index is 1.46. The summed E-state index contributed by atoms with van der Waals surface area (Å²) in [5, 5.41) is 21.0. The van der Waals surface area contributed by atoms with E-state index < -0.39 is 17.8 Å². The number of aromatic carboxylic acids is 1. The second kappa shape index (κ2) is 16.5. The van der Waals surface area contributed by atoms with Crippen LogP contribution in [0.1, 0.15) is 148 Å². The number of nitrogens with one attached hydrogen (secondary N) is 2. The maximum Gasteiger partial charge on any atom is 0.336 e. The predicted molar refractivity (Wildman–Crippen MR) is 226 cm³/mol. The van der Waals surface area contributed by atoms with E-state index in [0.29, 0.717) is 70.9 Å². The summed E-state index contributed by atoms with van der Waals surface area (Å²) in [6.07, 6.45) is 10.4. The first-order chi connectivity index (χ1) is 27.5. The van der Waals surface area contributed by atoms with Crippen molar-refractivity contribution < 1.29 is 29.1 Å². The van der Waals surface area contributed by atoms with Crippen LogP contribution in [0.5, 0.6) is 0 Å². The van der Waals surface area contributed by atoms with E-state index >= 15 is 0 Å². The normalized spacial score (nSPS) is 13.0. The number of aliphatic imine (C=N–C) groups is 1. The summed E-state index contributed by atoms with van der Waals surface area (Å²) in [5.41, 5.74) is 9.45. The number of amidine groups is 1. The zero-order valence-corrected chi connectivity index (χ0v) is 32.7. The number of nitrogens with zero attached hydrogens (tertiary/aromatic N) is 1. The summed E-state index contributed by atoms with van der Waals surface area (Å²) in [6.45, 7) is 6.00. The fourth-order valence-electron chi connectivity index (χ4n) is 8.47. The molecule has 0 fully saturated rings. The molecule has 0 atom stereocenters. The molecule has 0 bridgehead atoms. The first kappa shape index (κ1) is 39.1.